The van der Waals surface area contributed by atoms with Crippen molar-refractivity contribution < 1.29 is 26.9 Å². The van der Waals surface area contributed by atoms with Crippen molar-refractivity contribution in [1.82, 2.24) is 0 Å². The number of ether oxygens (including phenoxy) is 1. The smallest absolute Gasteiger partial charge is 0.298 e. The monoisotopic (exact) mass is 419 g/mol. The number of rotatable bonds is 10. The first-order chi connectivity index (χ1) is 13.8. The van der Waals surface area contributed by atoms with E-state index in [1.807, 2.05) is 12.1 Å². The molecule has 29 heavy (non-hydrogen) atoms. The Hall–Kier alpha value is -2.55. The van der Waals surface area contributed by atoms with Crippen LogP contribution in [-0.2, 0) is 30.3 Å². The summed E-state index contributed by atoms with van der Waals surface area (Å²) in [5.41, 5.74) is 1.55. The highest BCUT2D eigenvalue weighted by Gasteiger charge is 2.19. The Balaban J connectivity index is 2.06. The molecule has 0 aromatic heterocycles. The van der Waals surface area contributed by atoms with Crippen LogP contribution in [0.5, 0.6) is 0 Å². The third kappa shape index (κ3) is 6.49. The number of hydrogen-bond donors (Lipinski definition) is 1. The maximum atomic E-state index is 12.5. The summed E-state index contributed by atoms with van der Waals surface area (Å²) in [4.78, 5) is 23.6. The number of benzene rings is 2. The van der Waals surface area contributed by atoms with Gasteiger partial charge in [0.1, 0.15) is 10.7 Å². The number of amides is 1. The average molecular weight is 419 g/mol. The molecule has 0 saturated heterocycles. The van der Waals surface area contributed by atoms with Crippen LogP contribution < -0.4 is 5.32 Å². The Kier molecular flexibility index (Phi) is 8.07. The lowest BCUT2D eigenvalue weighted by Gasteiger charge is -2.14. The van der Waals surface area contributed by atoms with Gasteiger partial charge in [0, 0.05) is 19.1 Å². The molecule has 2 aromatic rings. The van der Waals surface area contributed by atoms with E-state index in [9.17, 15) is 18.0 Å². The van der Waals surface area contributed by atoms with Crippen molar-refractivity contribution in [3.63, 3.8) is 0 Å². The van der Waals surface area contributed by atoms with Gasteiger partial charge in [-0.25, -0.2) is 0 Å². The summed E-state index contributed by atoms with van der Waals surface area (Å²) in [7, 11) is -1.29. The number of Topliss-reactive ketones (excluding diaryl/α,β-unsaturated/α-hetero) is 1. The molecule has 0 fully saturated rings. The molecule has 0 spiro atoms. The topological polar surface area (TPSA) is 98.8 Å². The second kappa shape index (κ2) is 10.3. The Bertz CT molecular complexity index is 953. The van der Waals surface area contributed by atoms with Gasteiger partial charge in [-0.1, -0.05) is 24.3 Å². The fourth-order valence-corrected chi connectivity index (χ4v) is 3.66. The van der Waals surface area contributed by atoms with E-state index in [1.165, 1.54) is 19.1 Å². The number of ketones is 1. The summed E-state index contributed by atoms with van der Waals surface area (Å²) in [6.45, 7) is 1.54. The SMILES string of the molecule is COC(CCc1ccc(C(=O)Nc2ccccc2S(=O)(=O)OC)cc1)CC(C)=O. The molecule has 2 aromatic carbocycles. The van der Waals surface area contributed by atoms with Crippen LogP contribution in [0.4, 0.5) is 5.69 Å². The zero-order chi connectivity index (χ0) is 21.4. The van der Waals surface area contributed by atoms with Crippen LogP contribution in [0.3, 0.4) is 0 Å². The minimum atomic E-state index is -3.94. The quantitative estimate of drug-likeness (QED) is 0.594. The molecule has 2 rings (SSSR count). The molecule has 0 aliphatic rings. The Morgan fingerprint density at radius 1 is 1.03 bits per heavy atom. The van der Waals surface area contributed by atoms with Gasteiger partial charge in [-0.15, -0.1) is 0 Å². The maximum Gasteiger partial charge on any atom is 0.298 e. The zero-order valence-electron chi connectivity index (χ0n) is 16.7. The zero-order valence-corrected chi connectivity index (χ0v) is 17.5. The number of carbonyl (C=O) groups excluding carboxylic acids is 2. The third-order valence-corrected chi connectivity index (χ3v) is 5.78. The lowest BCUT2D eigenvalue weighted by atomic mass is 10.0. The molecule has 7 nitrogen and oxygen atoms in total. The number of methoxy groups -OCH3 is 1. The summed E-state index contributed by atoms with van der Waals surface area (Å²) in [6.07, 6.45) is 1.66. The lowest BCUT2D eigenvalue weighted by molar-refractivity contribution is -0.119. The van der Waals surface area contributed by atoms with Crippen LogP contribution in [0.2, 0.25) is 0 Å². The lowest BCUT2D eigenvalue weighted by Crippen LogP contribution is -2.16. The summed E-state index contributed by atoms with van der Waals surface area (Å²) < 4.78 is 33.8. The molecule has 0 aliphatic heterocycles. The van der Waals surface area contributed by atoms with E-state index < -0.39 is 16.0 Å². The molecule has 0 radical (unpaired) electrons. The Labute approximate surface area is 171 Å². The third-order valence-electron chi connectivity index (χ3n) is 4.44. The van der Waals surface area contributed by atoms with Crippen molar-refractivity contribution in [2.75, 3.05) is 19.5 Å². The van der Waals surface area contributed by atoms with Crippen LogP contribution in [0.1, 0.15) is 35.7 Å². The van der Waals surface area contributed by atoms with Gasteiger partial charge in [0.2, 0.25) is 0 Å². The molecule has 1 atom stereocenters. The number of para-hydroxylation sites is 1. The first kappa shape index (κ1) is 22.7. The molecular weight excluding hydrogens is 394 g/mol. The fourth-order valence-electron chi connectivity index (χ4n) is 2.85. The van der Waals surface area contributed by atoms with Crippen molar-refractivity contribution in [2.45, 2.75) is 37.2 Å². The van der Waals surface area contributed by atoms with Gasteiger partial charge in [0.15, 0.2) is 0 Å². The number of aryl methyl sites for hydroxylation is 1. The molecule has 1 amide bonds. The highest BCUT2D eigenvalue weighted by atomic mass is 32.2. The maximum absolute atomic E-state index is 12.5. The summed E-state index contributed by atoms with van der Waals surface area (Å²) >= 11 is 0. The van der Waals surface area contributed by atoms with Crippen molar-refractivity contribution in [3.05, 3.63) is 59.7 Å². The summed E-state index contributed by atoms with van der Waals surface area (Å²) in [5.74, 6) is -0.346. The van der Waals surface area contributed by atoms with Crippen LogP contribution in [0, 0.1) is 0 Å². The summed E-state index contributed by atoms with van der Waals surface area (Å²) in [5, 5.41) is 2.61. The van der Waals surface area contributed by atoms with Gasteiger partial charge < -0.3 is 10.1 Å². The highest BCUT2D eigenvalue weighted by Crippen LogP contribution is 2.23. The van der Waals surface area contributed by atoms with Gasteiger partial charge in [-0.3, -0.25) is 13.8 Å². The molecule has 1 N–H and O–H groups in total. The van der Waals surface area contributed by atoms with E-state index in [1.54, 1.807) is 31.4 Å². The normalized spacial score (nSPS) is 12.4. The van der Waals surface area contributed by atoms with E-state index in [0.717, 1.165) is 12.7 Å². The fraction of sp³-hybridized carbons (Fsp3) is 0.333. The number of nitrogens with one attached hydrogen (secondary N) is 1. The molecular formula is C21H25NO6S. The number of carbonyl (C=O) groups is 2. The van der Waals surface area contributed by atoms with Crippen LogP contribution in [-0.4, -0.2) is 40.4 Å². The first-order valence-electron chi connectivity index (χ1n) is 9.09. The van der Waals surface area contributed by atoms with Crippen molar-refractivity contribution >= 4 is 27.5 Å². The van der Waals surface area contributed by atoms with Crippen LogP contribution in [0.15, 0.2) is 53.4 Å². The van der Waals surface area contributed by atoms with E-state index in [0.29, 0.717) is 24.8 Å². The van der Waals surface area contributed by atoms with Gasteiger partial charge in [-0.2, -0.15) is 8.42 Å². The first-order valence-corrected chi connectivity index (χ1v) is 10.5. The Morgan fingerprint density at radius 3 is 2.28 bits per heavy atom. The standard InChI is InChI=1S/C21H25NO6S/c1-15(23)14-18(27-2)13-10-16-8-11-17(12-9-16)21(24)22-19-6-4-5-7-20(19)29(25,26)28-3/h4-9,11-12,18H,10,13-14H2,1-3H3,(H,22,24). The molecule has 0 heterocycles. The predicted octanol–water partition coefficient (Wildman–Crippen LogP) is 3.20. The van der Waals surface area contributed by atoms with Crippen molar-refractivity contribution in [3.8, 4) is 0 Å². The van der Waals surface area contributed by atoms with Crippen LogP contribution >= 0.6 is 0 Å². The molecule has 8 heteroatoms. The molecule has 0 bridgehead atoms. The van der Waals surface area contributed by atoms with E-state index in [4.69, 9.17) is 4.74 Å². The second-order valence-corrected chi connectivity index (χ2v) is 8.25. The van der Waals surface area contributed by atoms with Gasteiger partial charge in [-0.05, 0) is 49.6 Å². The van der Waals surface area contributed by atoms with Gasteiger partial charge >= 0.3 is 0 Å². The predicted molar refractivity (Wildman–Crippen MR) is 109 cm³/mol. The van der Waals surface area contributed by atoms with E-state index >= 15 is 0 Å². The van der Waals surface area contributed by atoms with Gasteiger partial charge in [0.25, 0.3) is 16.0 Å². The Morgan fingerprint density at radius 2 is 1.69 bits per heavy atom. The van der Waals surface area contributed by atoms with Crippen molar-refractivity contribution in [2.24, 2.45) is 0 Å². The molecule has 156 valence electrons. The molecule has 0 saturated carbocycles. The minimum Gasteiger partial charge on any atom is -0.381 e. The molecule has 0 aliphatic carbocycles. The minimum absolute atomic E-state index is 0.0830. The van der Waals surface area contributed by atoms with Crippen LogP contribution in [0.25, 0.3) is 0 Å². The second-order valence-electron chi connectivity index (χ2n) is 6.57. The largest absolute Gasteiger partial charge is 0.381 e. The number of hydrogen-bond acceptors (Lipinski definition) is 6. The van der Waals surface area contributed by atoms with Gasteiger partial charge in [0.05, 0.1) is 18.9 Å². The van der Waals surface area contributed by atoms with E-state index in [-0.39, 0.29) is 22.5 Å². The summed E-state index contributed by atoms with van der Waals surface area (Å²) in [6, 6.07) is 13.0. The molecule has 1 unspecified atom stereocenters. The average Bonchev–Trinajstić information content (AvgIpc) is 2.71. The highest BCUT2D eigenvalue weighted by molar-refractivity contribution is 7.87. The van der Waals surface area contributed by atoms with E-state index in [2.05, 4.69) is 9.50 Å². The number of anilines is 1. The van der Waals surface area contributed by atoms with Crippen molar-refractivity contribution in [1.29, 1.82) is 0 Å².